The SMILES string of the molecule is [C-]1=[N+](c2cccnc2)Cc2c1ccc1c2Cc2ccccc2-1. The lowest BCUT2D eigenvalue weighted by Crippen LogP contribution is -2.01. The molecule has 1 aromatic heterocycles. The van der Waals surface area contributed by atoms with Gasteiger partial charge in [0.25, 0.3) is 0 Å². The molecule has 0 saturated carbocycles. The predicted molar refractivity (Wildman–Crippen MR) is 86.7 cm³/mol. The first-order valence-electron chi connectivity index (χ1n) is 7.57. The van der Waals surface area contributed by atoms with Crippen LogP contribution in [0.5, 0.6) is 0 Å². The highest BCUT2D eigenvalue weighted by Gasteiger charge is 2.24. The number of fused-ring (bicyclic) bond motifs is 5. The summed E-state index contributed by atoms with van der Waals surface area (Å²) >= 11 is 0. The van der Waals surface area contributed by atoms with E-state index < -0.39 is 0 Å². The maximum atomic E-state index is 4.22. The van der Waals surface area contributed by atoms with E-state index in [1.807, 2.05) is 12.3 Å². The van der Waals surface area contributed by atoms with Crippen LogP contribution in [-0.4, -0.2) is 15.8 Å². The minimum atomic E-state index is 0.887. The lowest BCUT2D eigenvalue weighted by molar-refractivity contribution is -0.448. The first-order chi connectivity index (χ1) is 10.9. The van der Waals surface area contributed by atoms with E-state index in [0.717, 1.165) is 18.7 Å². The summed E-state index contributed by atoms with van der Waals surface area (Å²) in [5.74, 6) is 0. The highest BCUT2D eigenvalue weighted by Crippen LogP contribution is 2.40. The number of hydrogen-bond acceptors (Lipinski definition) is 1. The monoisotopic (exact) mass is 282 g/mol. The van der Waals surface area contributed by atoms with Crippen molar-refractivity contribution in [2.45, 2.75) is 13.0 Å². The number of aromatic nitrogens is 1. The topological polar surface area (TPSA) is 15.9 Å². The summed E-state index contributed by atoms with van der Waals surface area (Å²) < 4.78 is 2.17. The van der Waals surface area contributed by atoms with Crippen molar-refractivity contribution >= 4 is 11.9 Å². The van der Waals surface area contributed by atoms with Gasteiger partial charge in [0, 0.05) is 6.20 Å². The molecule has 2 aliphatic rings. The Bertz CT molecular complexity index is 924. The van der Waals surface area contributed by atoms with E-state index in [1.165, 1.54) is 33.4 Å². The third kappa shape index (κ3) is 1.61. The fourth-order valence-corrected chi connectivity index (χ4v) is 3.57. The molecule has 1 aliphatic heterocycles. The molecule has 2 aromatic carbocycles. The van der Waals surface area contributed by atoms with Gasteiger partial charge in [0.1, 0.15) is 6.54 Å². The van der Waals surface area contributed by atoms with Crippen molar-refractivity contribution in [1.29, 1.82) is 0 Å². The van der Waals surface area contributed by atoms with Gasteiger partial charge in [0.2, 0.25) is 0 Å². The Balaban J connectivity index is 1.61. The van der Waals surface area contributed by atoms with Crippen LogP contribution in [0, 0.1) is 0 Å². The second-order valence-corrected chi connectivity index (χ2v) is 5.86. The highest BCUT2D eigenvalue weighted by atomic mass is 15.0. The van der Waals surface area contributed by atoms with Crippen molar-refractivity contribution in [2.75, 3.05) is 0 Å². The smallest absolute Gasteiger partial charge is 0.153 e. The number of nitrogens with zero attached hydrogens (tertiary/aromatic N) is 2. The number of rotatable bonds is 1. The van der Waals surface area contributed by atoms with Gasteiger partial charge in [-0.15, -0.1) is 6.07 Å². The number of pyridine rings is 1. The second-order valence-electron chi connectivity index (χ2n) is 5.86. The average molecular weight is 282 g/mol. The first kappa shape index (κ1) is 11.9. The second kappa shape index (κ2) is 4.38. The highest BCUT2D eigenvalue weighted by molar-refractivity contribution is 5.87. The van der Waals surface area contributed by atoms with Crippen molar-refractivity contribution in [2.24, 2.45) is 0 Å². The van der Waals surface area contributed by atoms with Crippen LogP contribution in [0.15, 0.2) is 60.9 Å². The van der Waals surface area contributed by atoms with Crippen LogP contribution in [0.2, 0.25) is 0 Å². The fraction of sp³-hybridized carbons (Fsp3) is 0.100. The van der Waals surface area contributed by atoms with Gasteiger partial charge in [0.15, 0.2) is 11.9 Å². The van der Waals surface area contributed by atoms with Crippen LogP contribution in [0.4, 0.5) is 5.69 Å². The van der Waals surface area contributed by atoms with Crippen LogP contribution in [-0.2, 0) is 13.0 Å². The van der Waals surface area contributed by atoms with Gasteiger partial charge in [-0.1, -0.05) is 41.5 Å². The molecule has 2 nitrogen and oxygen atoms in total. The van der Waals surface area contributed by atoms with Gasteiger partial charge in [-0.2, -0.15) is 0 Å². The molecule has 0 atom stereocenters. The van der Waals surface area contributed by atoms with Crippen molar-refractivity contribution in [1.82, 2.24) is 4.98 Å². The van der Waals surface area contributed by atoms with Crippen molar-refractivity contribution in [3.63, 3.8) is 0 Å². The van der Waals surface area contributed by atoms with E-state index in [9.17, 15) is 0 Å². The zero-order chi connectivity index (χ0) is 14.5. The summed E-state index contributed by atoms with van der Waals surface area (Å²) in [5, 5.41) is 0. The Morgan fingerprint density at radius 2 is 1.86 bits per heavy atom. The van der Waals surface area contributed by atoms with E-state index >= 15 is 0 Å². The van der Waals surface area contributed by atoms with E-state index in [0.29, 0.717) is 0 Å². The van der Waals surface area contributed by atoms with E-state index in [-0.39, 0.29) is 0 Å². The molecule has 3 aromatic rings. The molecule has 0 amide bonds. The fourth-order valence-electron chi connectivity index (χ4n) is 3.57. The molecule has 22 heavy (non-hydrogen) atoms. The van der Waals surface area contributed by atoms with Crippen LogP contribution >= 0.6 is 0 Å². The summed E-state index contributed by atoms with van der Waals surface area (Å²) in [5.41, 5.74) is 9.42. The van der Waals surface area contributed by atoms with Crippen molar-refractivity contribution in [3.05, 3.63) is 83.2 Å². The molecule has 0 radical (unpaired) electrons. The maximum absolute atomic E-state index is 4.22. The van der Waals surface area contributed by atoms with Crippen molar-refractivity contribution < 1.29 is 4.58 Å². The van der Waals surface area contributed by atoms with Crippen LogP contribution in [0.3, 0.4) is 0 Å². The molecule has 0 fully saturated rings. The van der Waals surface area contributed by atoms with Gasteiger partial charge in [0.05, 0.1) is 6.20 Å². The summed E-state index contributed by atoms with van der Waals surface area (Å²) in [6.07, 6.45) is 8.24. The third-order valence-electron chi connectivity index (χ3n) is 4.64. The van der Waals surface area contributed by atoms with Gasteiger partial charge in [-0.25, -0.2) is 0 Å². The van der Waals surface area contributed by atoms with E-state index in [2.05, 4.69) is 58.2 Å². The van der Waals surface area contributed by atoms with Crippen molar-refractivity contribution in [3.8, 4) is 11.1 Å². The minimum Gasteiger partial charge on any atom is -0.277 e. The normalized spacial score (nSPS) is 14.3. The lowest BCUT2D eigenvalue weighted by Gasteiger charge is -2.09. The third-order valence-corrected chi connectivity index (χ3v) is 4.64. The lowest BCUT2D eigenvalue weighted by atomic mass is 9.98. The summed E-state index contributed by atoms with van der Waals surface area (Å²) in [6, 6.07) is 17.2. The van der Waals surface area contributed by atoms with E-state index in [4.69, 9.17) is 0 Å². The number of hydrogen-bond donors (Lipinski definition) is 0. The molecule has 0 unspecified atom stereocenters. The molecule has 5 rings (SSSR count). The van der Waals surface area contributed by atoms with Gasteiger partial charge >= 0.3 is 0 Å². The summed E-state index contributed by atoms with van der Waals surface area (Å²) in [6.45, 7) is 0.887. The van der Waals surface area contributed by atoms with Gasteiger partial charge in [-0.05, 0) is 40.8 Å². The molecule has 2 heteroatoms. The predicted octanol–water partition coefficient (Wildman–Crippen LogP) is 3.81. The van der Waals surface area contributed by atoms with E-state index in [1.54, 1.807) is 6.20 Å². The Kier molecular flexibility index (Phi) is 2.36. The van der Waals surface area contributed by atoms with Crippen LogP contribution < -0.4 is 0 Å². The molecular formula is C20H14N2. The summed E-state index contributed by atoms with van der Waals surface area (Å²) in [4.78, 5) is 4.22. The molecule has 0 saturated heterocycles. The van der Waals surface area contributed by atoms with Gasteiger partial charge in [-0.3, -0.25) is 9.56 Å². The molecule has 104 valence electrons. The molecular weight excluding hydrogens is 268 g/mol. The standard InChI is InChI=1S/C20H14N2/c1-2-6-17-14(4-1)10-19-18(17)8-7-15-12-22(13-20(15)19)16-5-3-9-21-11-16/h1-9,11H,10,13H2. The van der Waals surface area contributed by atoms with Crippen LogP contribution in [0.25, 0.3) is 11.1 Å². The Hall–Kier alpha value is -2.74. The van der Waals surface area contributed by atoms with Crippen LogP contribution in [0.1, 0.15) is 22.3 Å². The molecule has 0 bridgehead atoms. The largest absolute Gasteiger partial charge is 0.277 e. The van der Waals surface area contributed by atoms with Gasteiger partial charge < -0.3 is 0 Å². The zero-order valence-corrected chi connectivity index (χ0v) is 12.1. The molecule has 2 heterocycles. The average Bonchev–Trinajstić information content (AvgIpc) is 3.16. The zero-order valence-electron chi connectivity index (χ0n) is 12.1. The molecule has 1 aliphatic carbocycles. The first-order valence-corrected chi connectivity index (χ1v) is 7.57. The Labute approximate surface area is 129 Å². The quantitative estimate of drug-likeness (QED) is 0.383. The summed E-state index contributed by atoms with van der Waals surface area (Å²) in [7, 11) is 0. The number of benzene rings is 2. The minimum absolute atomic E-state index is 0.887. The Morgan fingerprint density at radius 1 is 0.909 bits per heavy atom. The maximum Gasteiger partial charge on any atom is 0.153 e. The molecule has 0 N–H and O–H groups in total. The Morgan fingerprint density at radius 3 is 2.77 bits per heavy atom. The molecule has 0 spiro atoms.